The quantitative estimate of drug-likeness (QED) is 0.298. The van der Waals surface area contributed by atoms with Crippen LogP contribution >= 0.6 is 45.2 Å². The molecule has 0 fully saturated rings. The highest BCUT2D eigenvalue weighted by molar-refractivity contribution is 14.1. The van der Waals surface area contributed by atoms with E-state index in [1.807, 2.05) is 45.2 Å². The number of anilines is 1. The zero-order chi connectivity index (χ0) is 19.5. The summed E-state index contributed by atoms with van der Waals surface area (Å²) in [4.78, 5) is 12.2. The van der Waals surface area contributed by atoms with E-state index >= 15 is 0 Å². The minimum absolute atomic E-state index is 0.0687. The summed E-state index contributed by atoms with van der Waals surface area (Å²) in [6, 6.07) is 9.02. The van der Waals surface area contributed by atoms with Crippen LogP contribution in [0.5, 0.6) is 5.75 Å². The maximum absolute atomic E-state index is 12.7. The lowest BCUT2D eigenvalue weighted by atomic mass is 10.1. The van der Waals surface area contributed by atoms with Gasteiger partial charge in [-0.15, -0.1) is 0 Å². The average molecular weight is 584 g/mol. The SMILES string of the molecule is N#C/C(=C/c1cc(I)c(O)c(I)c1)C(=O)Nc1cccc(C(F)(F)F)c1. The van der Waals surface area contributed by atoms with Crippen molar-refractivity contribution in [2.24, 2.45) is 0 Å². The van der Waals surface area contributed by atoms with Gasteiger partial charge in [0, 0.05) is 5.69 Å². The van der Waals surface area contributed by atoms with Crippen molar-refractivity contribution in [3.63, 3.8) is 0 Å². The van der Waals surface area contributed by atoms with Crippen molar-refractivity contribution in [1.82, 2.24) is 0 Å². The topological polar surface area (TPSA) is 73.1 Å². The third kappa shape index (κ3) is 5.10. The summed E-state index contributed by atoms with van der Waals surface area (Å²) in [5.74, 6) is -0.736. The van der Waals surface area contributed by atoms with Gasteiger partial charge >= 0.3 is 6.18 Å². The number of aromatic hydroxyl groups is 1. The fourth-order valence-electron chi connectivity index (χ4n) is 1.96. The second-order valence-corrected chi connectivity index (χ2v) is 7.36. The number of nitrogens with zero attached hydrogens (tertiary/aromatic N) is 1. The number of carbonyl (C=O) groups is 1. The Balaban J connectivity index is 2.29. The van der Waals surface area contributed by atoms with Crippen molar-refractivity contribution in [3.05, 3.63) is 60.2 Å². The Morgan fingerprint density at radius 3 is 2.35 bits per heavy atom. The van der Waals surface area contributed by atoms with Crippen LogP contribution in [0, 0.1) is 18.5 Å². The Bertz CT molecular complexity index is 911. The van der Waals surface area contributed by atoms with Crippen molar-refractivity contribution in [3.8, 4) is 11.8 Å². The Morgan fingerprint density at radius 1 is 1.19 bits per heavy atom. The first-order valence-corrected chi connectivity index (χ1v) is 9.06. The van der Waals surface area contributed by atoms with Crippen molar-refractivity contribution in [2.45, 2.75) is 6.18 Å². The number of carbonyl (C=O) groups excluding carboxylic acids is 1. The van der Waals surface area contributed by atoms with Gasteiger partial charge in [-0.3, -0.25) is 4.79 Å². The molecule has 1 amide bonds. The van der Waals surface area contributed by atoms with Gasteiger partial charge in [-0.25, -0.2) is 0 Å². The molecule has 9 heteroatoms. The minimum Gasteiger partial charge on any atom is -0.506 e. The van der Waals surface area contributed by atoms with Crippen molar-refractivity contribution in [1.29, 1.82) is 5.26 Å². The van der Waals surface area contributed by atoms with E-state index in [-0.39, 0.29) is 17.0 Å². The number of phenolic OH excluding ortho intramolecular Hbond substituents is 1. The number of amides is 1. The molecule has 2 N–H and O–H groups in total. The van der Waals surface area contributed by atoms with E-state index in [0.29, 0.717) is 12.7 Å². The highest BCUT2D eigenvalue weighted by Gasteiger charge is 2.30. The molecular formula is C17H9F3I2N2O2. The lowest BCUT2D eigenvalue weighted by molar-refractivity contribution is -0.137. The molecule has 0 saturated heterocycles. The molecule has 26 heavy (non-hydrogen) atoms. The number of nitriles is 1. The van der Waals surface area contributed by atoms with E-state index in [9.17, 15) is 28.3 Å². The largest absolute Gasteiger partial charge is 0.506 e. The molecule has 0 aliphatic heterocycles. The fourth-order valence-corrected chi connectivity index (χ4v) is 3.77. The highest BCUT2D eigenvalue weighted by atomic mass is 127. The van der Waals surface area contributed by atoms with Crippen LogP contribution in [0.25, 0.3) is 6.08 Å². The predicted molar refractivity (Wildman–Crippen MR) is 107 cm³/mol. The summed E-state index contributed by atoms with van der Waals surface area (Å²) >= 11 is 3.81. The van der Waals surface area contributed by atoms with E-state index in [4.69, 9.17) is 0 Å². The summed E-state index contributed by atoms with van der Waals surface area (Å²) in [6.45, 7) is 0. The molecule has 2 aromatic carbocycles. The van der Waals surface area contributed by atoms with Gasteiger partial charge in [0.1, 0.15) is 17.4 Å². The number of benzene rings is 2. The standard InChI is InChI=1S/C17H9F3I2N2O2/c18-17(19,20)11-2-1-3-12(7-11)24-16(26)10(8-23)4-9-5-13(21)15(25)14(22)6-9/h1-7,25H,(H,24,26)/b10-4-. The molecule has 0 aliphatic rings. The van der Waals surface area contributed by atoms with Crippen molar-refractivity contribution < 1.29 is 23.1 Å². The van der Waals surface area contributed by atoms with Gasteiger partial charge in [0.25, 0.3) is 5.91 Å². The van der Waals surface area contributed by atoms with E-state index in [0.717, 1.165) is 12.1 Å². The average Bonchev–Trinajstić information content (AvgIpc) is 2.56. The zero-order valence-electron chi connectivity index (χ0n) is 12.7. The molecule has 2 aromatic rings. The molecule has 0 spiro atoms. The first kappa shape index (κ1) is 20.5. The lowest BCUT2D eigenvalue weighted by Crippen LogP contribution is -2.14. The van der Waals surface area contributed by atoms with E-state index in [1.165, 1.54) is 18.2 Å². The number of rotatable bonds is 3. The van der Waals surface area contributed by atoms with E-state index < -0.39 is 17.6 Å². The number of alkyl halides is 3. The molecule has 0 heterocycles. The smallest absolute Gasteiger partial charge is 0.416 e. The molecule has 0 bridgehead atoms. The predicted octanol–water partition coefficient (Wildman–Crippen LogP) is 5.17. The number of phenols is 1. The molecule has 2 rings (SSSR count). The van der Waals surface area contributed by atoms with Crippen LogP contribution in [0.1, 0.15) is 11.1 Å². The first-order chi connectivity index (χ1) is 12.1. The number of halogens is 5. The van der Waals surface area contributed by atoms with Crippen LogP contribution in [0.15, 0.2) is 42.0 Å². The number of hydrogen-bond acceptors (Lipinski definition) is 3. The van der Waals surface area contributed by atoms with Crippen LogP contribution < -0.4 is 5.32 Å². The summed E-state index contributed by atoms with van der Waals surface area (Å²) < 4.78 is 39.3. The minimum atomic E-state index is -4.53. The van der Waals surface area contributed by atoms with E-state index in [1.54, 1.807) is 18.2 Å². The molecule has 0 radical (unpaired) electrons. The molecule has 0 aliphatic carbocycles. The third-order valence-corrected chi connectivity index (χ3v) is 4.81. The molecule has 0 unspecified atom stereocenters. The van der Waals surface area contributed by atoms with E-state index in [2.05, 4.69) is 5.32 Å². The Morgan fingerprint density at radius 2 is 1.81 bits per heavy atom. The van der Waals surface area contributed by atoms with Gasteiger partial charge in [-0.2, -0.15) is 18.4 Å². The fraction of sp³-hybridized carbons (Fsp3) is 0.0588. The molecule has 0 saturated carbocycles. The highest BCUT2D eigenvalue weighted by Crippen LogP contribution is 2.31. The molecule has 0 atom stereocenters. The van der Waals surface area contributed by atoms with Gasteiger partial charge in [-0.05, 0) is 87.2 Å². The van der Waals surface area contributed by atoms with Crippen LogP contribution in [0.4, 0.5) is 18.9 Å². The Labute approximate surface area is 174 Å². The monoisotopic (exact) mass is 584 g/mol. The Hall–Kier alpha value is -1.81. The van der Waals surface area contributed by atoms with Gasteiger partial charge in [0.15, 0.2) is 0 Å². The number of nitrogens with one attached hydrogen (secondary N) is 1. The van der Waals surface area contributed by atoms with Crippen LogP contribution in [0.3, 0.4) is 0 Å². The molecule has 4 nitrogen and oxygen atoms in total. The van der Waals surface area contributed by atoms with Crippen molar-refractivity contribution >= 4 is 62.9 Å². The van der Waals surface area contributed by atoms with Gasteiger partial charge in [0.05, 0.1) is 12.7 Å². The van der Waals surface area contributed by atoms with Gasteiger partial charge in [-0.1, -0.05) is 6.07 Å². The molecule has 134 valence electrons. The van der Waals surface area contributed by atoms with Crippen LogP contribution in [0.2, 0.25) is 0 Å². The van der Waals surface area contributed by atoms with Crippen LogP contribution in [-0.4, -0.2) is 11.0 Å². The first-order valence-electron chi connectivity index (χ1n) is 6.90. The third-order valence-electron chi connectivity index (χ3n) is 3.16. The summed E-state index contributed by atoms with van der Waals surface area (Å²) in [6.07, 6.45) is -3.24. The number of hydrogen-bond donors (Lipinski definition) is 2. The van der Waals surface area contributed by atoms with Gasteiger partial charge in [0.2, 0.25) is 0 Å². The summed E-state index contributed by atoms with van der Waals surface area (Å²) in [7, 11) is 0. The molecule has 0 aromatic heterocycles. The van der Waals surface area contributed by atoms with Crippen molar-refractivity contribution in [2.75, 3.05) is 5.32 Å². The lowest BCUT2D eigenvalue weighted by Gasteiger charge is -2.09. The maximum atomic E-state index is 12.7. The summed E-state index contributed by atoms with van der Waals surface area (Å²) in [5, 5.41) is 21.2. The zero-order valence-corrected chi connectivity index (χ0v) is 17.0. The second kappa shape index (κ2) is 8.26. The molecular weight excluding hydrogens is 575 g/mol. The Kier molecular flexibility index (Phi) is 6.51. The van der Waals surface area contributed by atoms with Gasteiger partial charge < -0.3 is 10.4 Å². The normalized spacial score (nSPS) is 11.8. The summed E-state index contributed by atoms with van der Waals surface area (Å²) in [5.41, 5.74) is -0.742. The second-order valence-electron chi connectivity index (χ2n) is 5.04. The van der Waals surface area contributed by atoms with Crippen LogP contribution in [-0.2, 0) is 11.0 Å². The maximum Gasteiger partial charge on any atom is 0.416 e.